The van der Waals surface area contributed by atoms with Crippen LogP contribution in [0.3, 0.4) is 0 Å². The fourth-order valence-electron chi connectivity index (χ4n) is 3.60. The second-order valence-corrected chi connectivity index (χ2v) is 9.53. The average molecular weight is 494 g/mol. The molecule has 180 valence electrons. The number of ether oxygens (including phenoxy) is 1. The Bertz CT molecular complexity index is 1360. The van der Waals surface area contributed by atoms with E-state index in [1.165, 1.54) is 18.2 Å². The van der Waals surface area contributed by atoms with Crippen LogP contribution in [0.1, 0.15) is 29.3 Å². The van der Waals surface area contributed by atoms with Crippen LogP contribution in [0.5, 0.6) is 0 Å². The van der Waals surface area contributed by atoms with E-state index in [0.717, 1.165) is 0 Å². The molecule has 4 rings (SSSR count). The van der Waals surface area contributed by atoms with Crippen molar-refractivity contribution in [3.63, 3.8) is 0 Å². The molecule has 1 aliphatic rings. The molecule has 0 saturated carbocycles. The molecule has 1 saturated heterocycles. The fourth-order valence-corrected chi connectivity index (χ4v) is 4.72. The second-order valence-electron chi connectivity index (χ2n) is 7.69. The zero-order valence-electron chi connectivity index (χ0n) is 18.1. The maximum atomic E-state index is 15.0. The number of carbonyl (C=O) groups excluding carboxylic acids is 1. The van der Waals surface area contributed by atoms with Gasteiger partial charge in [-0.15, -0.1) is 0 Å². The number of fused-ring (bicyclic) bond motifs is 1. The lowest BCUT2D eigenvalue weighted by atomic mass is 10.0. The minimum absolute atomic E-state index is 0.160. The Hall–Kier alpha value is -3.25. The minimum Gasteiger partial charge on any atom is -0.378 e. The highest BCUT2D eigenvalue weighted by molar-refractivity contribution is 7.92. The number of halogens is 3. The lowest BCUT2D eigenvalue weighted by Gasteiger charge is -2.27. The van der Waals surface area contributed by atoms with Crippen LogP contribution in [0.2, 0.25) is 0 Å². The van der Waals surface area contributed by atoms with Crippen molar-refractivity contribution in [1.82, 2.24) is 9.97 Å². The summed E-state index contributed by atoms with van der Waals surface area (Å²) in [5.41, 5.74) is -1.46. The predicted molar refractivity (Wildman–Crippen MR) is 120 cm³/mol. The van der Waals surface area contributed by atoms with Crippen LogP contribution in [-0.4, -0.2) is 56.2 Å². The molecule has 1 N–H and O–H groups in total. The summed E-state index contributed by atoms with van der Waals surface area (Å²) >= 11 is 0. The van der Waals surface area contributed by atoms with Crippen LogP contribution >= 0.6 is 0 Å². The molecule has 8 nitrogen and oxygen atoms in total. The van der Waals surface area contributed by atoms with Gasteiger partial charge in [0.1, 0.15) is 5.82 Å². The topological polar surface area (TPSA) is 101 Å². The molecule has 34 heavy (non-hydrogen) atoms. The third kappa shape index (κ3) is 4.82. The number of ketones is 1. The summed E-state index contributed by atoms with van der Waals surface area (Å²) in [6.07, 6.45) is 1.80. The Morgan fingerprint density at radius 3 is 2.56 bits per heavy atom. The number of hydrogen-bond acceptors (Lipinski definition) is 7. The zero-order valence-corrected chi connectivity index (χ0v) is 19.0. The zero-order chi connectivity index (χ0) is 24.5. The van der Waals surface area contributed by atoms with E-state index in [0.29, 0.717) is 49.2 Å². The van der Waals surface area contributed by atoms with Crippen molar-refractivity contribution in [3.05, 3.63) is 59.0 Å². The highest BCUT2D eigenvalue weighted by Crippen LogP contribution is 2.28. The van der Waals surface area contributed by atoms with Gasteiger partial charge in [-0.25, -0.2) is 26.6 Å². The molecule has 0 spiro atoms. The molecule has 0 unspecified atom stereocenters. The van der Waals surface area contributed by atoms with Crippen molar-refractivity contribution < 1.29 is 31.1 Å². The third-order valence-corrected chi connectivity index (χ3v) is 6.72. The normalized spacial score (nSPS) is 14.4. The van der Waals surface area contributed by atoms with E-state index in [-0.39, 0.29) is 17.7 Å². The molecular weight excluding hydrogens is 473 g/mol. The van der Waals surface area contributed by atoms with Crippen LogP contribution in [0, 0.1) is 17.5 Å². The Morgan fingerprint density at radius 1 is 1.12 bits per heavy atom. The van der Waals surface area contributed by atoms with Gasteiger partial charge in [-0.3, -0.25) is 14.5 Å². The first-order chi connectivity index (χ1) is 16.2. The number of morpholine rings is 1. The number of rotatable bonds is 7. The quantitative estimate of drug-likeness (QED) is 0.397. The maximum absolute atomic E-state index is 15.0. The van der Waals surface area contributed by atoms with Crippen LogP contribution in [0.15, 0.2) is 30.5 Å². The van der Waals surface area contributed by atoms with Crippen LogP contribution in [-0.2, 0) is 14.8 Å². The van der Waals surface area contributed by atoms with Crippen LogP contribution in [0.4, 0.5) is 24.7 Å². The number of aromatic nitrogens is 2. The first kappa shape index (κ1) is 23.9. The molecule has 0 amide bonds. The number of nitrogens with one attached hydrogen (secondary N) is 1. The summed E-state index contributed by atoms with van der Waals surface area (Å²) in [7, 11) is -4.01. The first-order valence-electron chi connectivity index (χ1n) is 10.5. The van der Waals surface area contributed by atoms with E-state index in [2.05, 4.69) is 9.97 Å². The number of anilines is 2. The first-order valence-corrected chi connectivity index (χ1v) is 12.2. The Labute approximate surface area is 193 Å². The van der Waals surface area contributed by atoms with Crippen LogP contribution < -0.4 is 9.62 Å². The van der Waals surface area contributed by atoms with E-state index < -0.39 is 44.5 Å². The highest BCUT2D eigenvalue weighted by Gasteiger charge is 2.27. The van der Waals surface area contributed by atoms with Crippen molar-refractivity contribution in [2.75, 3.05) is 41.7 Å². The molecule has 1 aliphatic heterocycles. The van der Waals surface area contributed by atoms with Gasteiger partial charge < -0.3 is 9.64 Å². The number of carbonyl (C=O) groups is 1. The minimum atomic E-state index is -4.01. The number of nitrogens with zero attached hydrogens (tertiary/aromatic N) is 3. The molecule has 2 heterocycles. The van der Waals surface area contributed by atoms with E-state index in [4.69, 9.17) is 4.74 Å². The lowest BCUT2D eigenvalue weighted by Crippen LogP contribution is -2.36. The molecule has 0 bridgehead atoms. The van der Waals surface area contributed by atoms with E-state index >= 15 is 4.39 Å². The van der Waals surface area contributed by atoms with Gasteiger partial charge in [-0.2, -0.15) is 0 Å². The molecule has 1 fully saturated rings. The molecule has 0 atom stereocenters. The fraction of sp³-hybridized carbons (Fsp3) is 0.318. The Morgan fingerprint density at radius 2 is 1.85 bits per heavy atom. The SMILES string of the molecule is CCCS(=O)(=O)Nc1cc(F)c(F)c(C(=O)c2ccc3ncc(N4CCOCC4)nc3c2)c1F. The van der Waals surface area contributed by atoms with E-state index in [9.17, 15) is 22.0 Å². The van der Waals surface area contributed by atoms with Crippen molar-refractivity contribution in [3.8, 4) is 0 Å². The number of sulfonamides is 1. The van der Waals surface area contributed by atoms with Crippen molar-refractivity contribution >= 4 is 38.3 Å². The third-order valence-electron chi connectivity index (χ3n) is 5.25. The van der Waals surface area contributed by atoms with Gasteiger partial charge in [-0.05, 0) is 24.6 Å². The monoisotopic (exact) mass is 494 g/mol. The van der Waals surface area contributed by atoms with Gasteiger partial charge in [0.05, 0.1) is 47.4 Å². The van der Waals surface area contributed by atoms with Gasteiger partial charge in [-0.1, -0.05) is 6.92 Å². The van der Waals surface area contributed by atoms with Crippen LogP contribution in [0.25, 0.3) is 11.0 Å². The second kappa shape index (κ2) is 9.55. The molecule has 3 aromatic rings. The Balaban J connectivity index is 1.73. The van der Waals surface area contributed by atoms with E-state index in [1.54, 1.807) is 13.1 Å². The van der Waals surface area contributed by atoms with Gasteiger partial charge >= 0.3 is 0 Å². The predicted octanol–water partition coefficient (Wildman–Crippen LogP) is 3.27. The largest absolute Gasteiger partial charge is 0.378 e. The highest BCUT2D eigenvalue weighted by atomic mass is 32.2. The summed E-state index contributed by atoms with van der Waals surface area (Å²) in [5.74, 6) is -5.74. The number of hydrogen-bond donors (Lipinski definition) is 1. The van der Waals surface area contributed by atoms with Gasteiger partial charge in [0.15, 0.2) is 23.2 Å². The van der Waals surface area contributed by atoms with E-state index in [1.807, 2.05) is 9.62 Å². The molecule has 0 aliphatic carbocycles. The summed E-state index contributed by atoms with van der Waals surface area (Å²) in [4.78, 5) is 23.8. The van der Waals surface area contributed by atoms with Gasteiger partial charge in [0.25, 0.3) is 0 Å². The summed E-state index contributed by atoms with van der Waals surface area (Å²) in [6, 6.07) is 4.42. The smallest absolute Gasteiger partial charge is 0.232 e. The summed E-state index contributed by atoms with van der Waals surface area (Å²) in [5, 5.41) is 0. The van der Waals surface area contributed by atoms with Crippen molar-refractivity contribution in [2.24, 2.45) is 0 Å². The molecule has 1 aromatic heterocycles. The standard InChI is InChI=1S/C22H21F3N4O4S/c1-2-9-34(31,32)28-17-11-14(23)20(24)19(21(17)25)22(30)13-3-4-15-16(10-13)27-18(12-26-15)29-5-7-33-8-6-29/h3-4,10-12,28H,2,5-9H2,1H3. The van der Waals surface area contributed by atoms with Gasteiger partial charge in [0, 0.05) is 24.7 Å². The molecule has 2 aromatic carbocycles. The van der Waals surface area contributed by atoms with Gasteiger partial charge in [0.2, 0.25) is 10.0 Å². The lowest BCUT2D eigenvalue weighted by molar-refractivity contribution is 0.103. The summed E-state index contributed by atoms with van der Waals surface area (Å²) < 4.78 is 75.0. The molecule has 12 heteroatoms. The molecular formula is C22H21F3N4O4S. The molecule has 0 radical (unpaired) electrons. The average Bonchev–Trinajstić information content (AvgIpc) is 2.82. The Kier molecular flexibility index (Phi) is 6.71. The summed E-state index contributed by atoms with van der Waals surface area (Å²) in [6.45, 7) is 3.86. The number of benzene rings is 2. The van der Waals surface area contributed by atoms with Crippen molar-refractivity contribution in [2.45, 2.75) is 13.3 Å². The van der Waals surface area contributed by atoms with Crippen molar-refractivity contribution in [1.29, 1.82) is 0 Å². The maximum Gasteiger partial charge on any atom is 0.232 e.